The van der Waals surface area contributed by atoms with Crippen LogP contribution in [0.2, 0.25) is 0 Å². The quantitative estimate of drug-likeness (QED) is 0.801. The second-order valence-electron chi connectivity index (χ2n) is 5.47. The van der Waals surface area contributed by atoms with Crippen molar-refractivity contribution in [1.82, 2.24) is 5.32 Å². The molecule has 0 saturated carbocycles. The van der Waals surface area contributed by atoms with Crippen molar-refractivity contribution in [3.63, 3.8) is 0 Å². The fourth-order valence-corrected chi connectivity index (χ4v) is 1.84. The second-order valence-corrected chi connectivity index (χ2v) is 5.47. The van der Waals surface area contributed by atoms with Crippen molar-refractivity contribution in [1.29, 1.82) is 0 Å². The summed E-state index contributed by atoms with van der Waals surface area (Å²) < 4.78 is 0. The molecule has 1 N–H and O–H groups in total. The summed E-state index contributed by atoms with van der Waals surface area (Å²) in [4.78, 5) is 11.8. The van der Waals surface area contributed by atoms with Crippen LogP contribution < -0.4 is 5.32 Å². The molecular formula is C16H25NO. The van der Waals surface area contributed by atoms with E-state index in [-0.39, 0.29) is 0 Å². The first-order valence-electron chi connectivity index (χ1n) is 6.83. The van der Waals surface area contributed by atoms with Gasteiger partial charge in [-0.25, -0.2) is 0 Å². The summed E-state index contributed by atoms with van der Waals surface area (Å²) in [6.07, 6.45) is 1.17. The monoisotopic (exact) mass is 247 g/mol. The largest absolute Gasteiger partial charge is 0.314 e. The predicted octanol–water partition coefficient (Wildman–Crippen LogP) is 3.31. The first kappa shape index (κ1) is 14.9. The summed E-state index contributed by atoms with van der Waals surface area (Å²) in [7, 11) is 0. The van der Waals surface area contributed by atoms with E-state index >= 15 is 0 Å². The van der Waals surface area contributed by atoms with Gasteiger partial charge in [0.05, 0.1) is 0 Å². The predicted molar refractivity (Wildman–Crippen MR) is 77.0 cm³/mol. The van der Waals surface area contributed by atoms with Crippen LogP contribution in [-0.4, -0.2) is 18.4 Å². The smallest absolute Gasteiger partial charge is 0.138 e. The molecule has 0 radical (unpaired) electrons. The van der Waals surface area contributed by atoms with Crippen LogP contribution >= 0.6 is 0 Å². The third kappa shape index (κ3) is 5.46. The molecule has 0 spiro atoms. The van der Waals surface area contributed by atoms with E-state index < -0.39 is 0 Å². The molecule has 0 unspecified atom stereocenters. The lowest BCUT2D eigenvalue weighted by atomic mass is 9.99. The van der Waals surface area contributed by atoms with Crippen molar-refractivity contribution >= 4 is 5.78 Å². The molecule has 1 aromatic carbocycles. The maximum Gasteiger partial charge on any atom is 0.138 e. The Bertz CT molecular complexity index is 365. The van der Waals surface area contributed by atoms with E-state index in [0.29, 0.717) is 30.6 Å². The van der Waals surface area contributed by atoms with Gasteiger partial charge < -0.3 is 5.32 Å². The standard InChI is InChI=1S/C16H25NO/c1-12(2)15-7-5-14(6-8-15)11-16(18)9-10-17-13(3)4/h5-8,12-13,17H,9-11H2,1-4H3. The molecule has 0 aliphatic rings. The maximum absolute atomic E-state index is 11.8. The zero-order chi connectivity index (χ0) is 13.5. The first-order valence-corrected chi connectivity index (χ1v) is 6.83. The maximum atomic E-state index is 11.8. The topological polar surface area (TPSA) is 29.1 Å². The van der Waals surface area contributed by atoms with Crippen molar-refractivity contribution < 1.29 is 4.79 Å². The van der Waals surface area contributed by atoms with E-state index in [1.54, 1.807) is 0 Å². The molecule has 0 amide bonds. The molecule has 18 heavy (non-hydrogen) atoms. The lowest BCUT2D eigenvalue weighted by molar-refractivity contribution is -0.118. The molecule has 0 aromatic heterocycles. The normalized spacial score (nSPS) is 11.2. The highest BCUT2D eigenvalue weighted by Gasteiger charge is 2.05. The van der Waals surface area contributed by atoms with E-state index in [4.69, 9.17) is 0 Å². The number of Topliss-reactive ketones (excluding diaryl/α,β-unsaturated/α-hetero) is 1. The summed E-state index contributed by atoms with van der Waals surface area (Å²) in [6, 6.07) is 8.84. The van der Waals surface area contributed by atoms with Crippen LogP contribution in [-0.2, 0) is 11.2 Å². The minimum Gasteiger partial charge on any atom is -0.314 e. The van der Waals surface area contributed by atoms with Crippen LogP contribution in [0.5, 0.6) is 0 Å². The number of hydrogen-bond acceptors (Lipinski definition) is 2. The summed E-state index contributed by atoms with van der Waals surface area (Å²) in [5.41, 5.74) is 2.45. The molecule has 0 aliphatic heterocycles. The number of carbonyl (C=O) groups is 1. The van der Waals surface area contributed by atoms with Gasteiger partial charge in [-0.3, -0.25) is 4.79 Å². The Morgan fingerprint density at radius 1 is 1.11 bits per heavy atom. The Morgan fingerprint density at radius 2 is 1.72 bits per heavy atom. The third-order valence-electron chi connectivity index (χ3n) is 3.00. The van der Waals surface area contributed by atoms with Gasteiger partial charge in [-0.2, -0.15) is 0 Å². The molecule has 0 aliphatic carbocycles. The summed E-state index contributed by atoms with van der Waals surface area (Å²) in [6.45, 7) is 9.32. The Kier molecular flexibility index (Phi) is 6.06. The van der Waals surface area contributed by atoms with Gasteiger partial charge in [-0.05, 0) is 17.0 Å². The second kappa shape index (κ2) is 7.32. The molecule has 0 saturated heterocycles. The zero-order valence-electron chi connectivity index (χ0n) is 12.0. The van der Waals surface area contributed by atoms with E-state index in [0.717, 1.165) is 12.1 Å². The molecule has 1 aromatic rings. The van der Waals surface area contributed by atoms with Gasteiger partial charge in [-0.1, -0.05) is 52.0 Å². The Morgan fingerprint density at radius 3 is 2.22 bits per heavy atom. The van der Waals surface area contributed by atoms with Gasteiger partial charge in [0.1, 0.15) is 5.78 Å². The summed E-state index contributed by atoms with van der Waals surface area (Å²) >= 11 is 0. The molecule has 0 fully saturated rings. The van der Waals surface area contributed by atoms with E-state index in [1.165, 1.54) is 5.56 Å². The van der Waals surface area contributed by atoms with E-state index in [1.807, 2.05) is 0 Å². The van der Waals surface area contributed by atoms with E-state index in [2.05, 4.69) is 57.3 Å². The minimum atomic E-state index is 0.306. The first-order chi connectivity index (χ1) is 8.49. The van der Waals surface area contributed by atoms with Crippen LogP contribution in [0.3, 0.4) is 0 Å². The van der Waals surface area contributed by atoms with Crippen LogP contribution in [0.25, 0.3) is 0 Å². The van der Waals surface area contributed by atoms with Gasteiger partial charge in [0.2, 0.25) is 0 Å². The van der Waals surface area contributed by atoms with Gasteiger partial charge in [0.15, 0.2) is 0 Å². The minimum absolute atomic E-state index is 0.306. The molecule has 2 heteroatoms. The van der Waals surface area contributed by atoms with Gasteiger partial charge >= 0.3 is 0 Å². The van der Waals surface area contributed by atoms with Crippen molar-refractivity contribution in [2.24, 2.45) is 0 Å². The SMILES string of the molecule is CC(C)NCCC(=O)Cc1ccc(C(C)C)cc1. The molecule has 100 valence electrons. The highest BCUT2D eigenvalue weighted by Crippen LogP contribution is 2.15. The van der Waals surface area contributed by atoms with Gasteiger partial charge in [0.25, 0.3) is 0 Å². The number of hydrogen-bond donors (Lipinski definition) is 1. The molecule has 1 rings (SSSR count). The molecule has 0 atom stereocenters. The van der Waals surface area contributed by atoms with Crippen LogP contribution in [0.15, 0.2) is 24.3 Å². The van der Waals surface area contributed by atoms with E-state index in [9.17, 15) is 4.79 Å². The highest BCUT2D eigenvalue weighted by molar-refractivity contribution is 5.81. The average Bonchev–Trinajstić information content (AvgIpc) is 2.29. The lowest BCUT2D eigenvalue weighted by Crippen LogP contribution is -2.25. The lowest BCUT2D eigenvalue weighted by Gasteiger charge is -2.08. The molecule has 2 nitrogen and oxygen atoms in total. The Hall–Kier alpha value is -1.15. The summed E-state index contributed by atoms with van der Waals surface area (Å²) in [5, 5.41) is 3.27. The molecule has 0 heterocycles. The highest BCUT2D eigenvalue weighted by atomic mass is 16.1. The number of carbonyl (C=O) groups excluding carboxylic acids is 1. The zero-order valence-corrected chi connectivity index (χ0v) is 12.0. The van der Waals surface area contributed by atoms with Crippen molar-refractivity contribution in [3.8, 4) is 0 Å². The Labute approximate surface area is 111 Å². The van der Waals surface area contributed by atoms with Crippen LogP contribution in [0.4, 0.5) is 0 Å². The fraction of sp³-hybridized carbons (Fsp3) is 0.562. The van der Waals surface area contributed by atoms with Crippen molar-refractivity contribution in [3.05, 3.63) is 35.4 Å². The van der Waals surface area contributed by atoms with Crippen LogP contribution in [0, 0.1) is 0 Å². The van der Waals surface area contributed by atoms with Crippen molar-refractivity contribution in [2.75, 3.05) is 6.54 Å². The van der Waals surface area contributed by atoms with Crippen molar-refractivity contribution in [2.45, 2.75) is 52.5 Å². The Balaban J connectivity index is 2.40. The number of benzene rings is 1. The van der Waals surface area contributed by atoms with Gasteiger partial charge in [-0.15, -0.1) is 0 Å². The van der Waals surface area contributed by atoms with Gasteiger partial charge in [0, 0.05) is 25.4 Å². The van der Waals surface area contributed by atoms with Crippen LogP contribution in [0.1, 0.15) is 51.2 Å². The third-order valence-corrected chi connectivity index (χ3v) is 3.00. The number of ketones is 1. The molecular weight excluding hydrogens is 222 g/mol. The average molecular weight is 247 g/mol. The number of rotatable bonds is 7. The summed E-state index contributed by atoms with van der Waals surface area (Å²) in [5.74, 6) is 0.852. The number of nitrogens with one attached hydrogen (secondary N) is 1. The molecule has 0 bridgehead atoms. The fourth-order valence-electron chi connectivity index (χ4n) is 1.84.